The first kappa shape index (κ1) is 20.3. The highest BCUT2D eigenvalue weighted by atomic mass is 16.5. The third-order valence-corrected chi connectivity index (χ3v) is 4.64. The Balaban J connectivity index is 1.81. The van der Waals surface area contributed by atoms with Crippen molar-refractivity contribution in [2.45, 2.75) is 32.8 Å². The summed E-state index contributed by atoms with van der Waals surface area (Å²) in [6, 6.07) is 14.2. The van der Waals surface area contributed by atoms with Gasteiger partial charge in [-0.3, -0.25) is 9.59 Å². The maximum atomic E-state index is 12.7. The monoisotopic (exact) mass is 393 g/mol. The van der Waals surface area contributed by atoms with E-state index in [1.807, 2.05) is 38.1 Å². The minimum Gasteiger partial charge on any atom is -0.448 e. The van der Waals surface area contributed by atoms with Gasteiger partial charge in [0, 0.05) is 18.1 Å². The number of carbonyl (C=O) groups is 2. The molecule has 1 N–H and O–H groups in total. The highest BCUT2D eigenvalue weighted by molar-refractivity contribution is 6.03. The van der Waals surface area contributed by atoms with Gasteiger partial charge in [-0.25, -0.2) is 9.48 Å². The fourth-order valence-electron chi connectivity index (χ4n) is 3.07. The highest BCUT2D eigenvalue weighted by Gasteiger charge is 2.23. The lowest BCUT2D eigenvalue weighted by Gasteiger charge is -2.17. The number of nitrogens with zero attached hydrogens (tertiary/aromatic N) is 2. The second-order valence-electron chi connectivity index (χ2n) is 7.10. The summed E-state index contributed by atoms with van der Waals surface area (Å²) in [6.07, 6.45) is -1.04. The number of anilines is 1. The van der Waals surface area contributed by atoms with Gasteiger partial charge in [0.15, 0.2) is 11.8 Å². The lowest BCUT2D eigenvalue weighted by Crippen LogP contribution is -2.31. The van der Waals surface area contributed by atoms with Crippen LogP contribution in [-0.4, -0.2) is 27.8 Å². The molecule has 3 aromatic rings. The normalized spacial score (nSPS) is 12.0. The first-order valence-electron chi connectivity index (χ1n) is 9.36. The average Bonchev–Trinajstić information content (AvgIpc) is 2.70. The van der Waals surface area contributed by atoms with Gasteiger partial charge < -0.3 is 10.1 Å². The largest absolute Gasteiger partial charge is 0.448 e. The van der Waals surface area contributed by atoms with Crippen LogP contribution in [0.25, 0.3) is 10.8 Å². The van der Waals surface area contributed by atoms with Crippen molar-refractivity contribution in [2.24, 2.45) is 7.05 Å². The number of rotatable bonds is 5. The van der Waals surface area contributed by atoms with E-state index in [1.165, 1.54) is 14.0 Å². The summed E-state index contributed by atoms with van der Waals surface area (Å²) in [5.74, 6) is -0.984. The van der Waals surface area contributed by atoms with Crippen LogP contribution in [0.3, 0.4) is 0 Å². The zero-order valence-electron chi connectivity index (χ0n) is 16.8. The third-order valence-electron chi connectivity index (χ3n) is 4.64. The van der Waals surface area contributed by atoms with E-state index in [9.17, 15) is 14.4 Å². The fourth-order valence-corrected chi connectivity index (χ4v) is 3.07. The Morgan fingerprint density at radius 2 is 1.62 bits per heavy atom. The van der Waals surface area contributed by atoms with Crippen LogP contribution in [0.1, 0.15) is 42.7 Å². The van der Waals surface area contributed by atoms with Gasteiger partial charge >= 0.3 is 5.97 Å². The molecule has 0 saturated carbocycles. The molecule has 29 heavy (non-hydrogen) atoms. The number of para-hydroxylation sites is 1. The lowest BCUT2D eigenvalue weighted by molar-refractivity contribution is -0.123. The summed E-state index contributed by atoms with van der Waals surface area (Å²) < 4.78 is 6.43. The molecule has 1 atom stereocenters. The summed E-state index contributed by atoms with van der Waals surface area (Å²) in [5.41, 5.74) is 1.35. The molecule has 0 fully saturated rings. The van der Waals surface area contributed by atoms with Crippen molar-refractivity contribution in [2.75, 3.05) is 5.32 Å². The van der Waals surface area contributed by atoms with Gasteiger partial charge in [0.05, 0.1) is 5.39 Å². The van der Waals surface area contributed by atoms with Crippen molar-refractivity contribution in [3.8, 4) is 0 Å². The van der Waals surface area contributed by atoms with Crippen LogP contribution >= 0.6 is 0 Å². The van der Waals surface area contributed by atoms with E-state index in [-0.39, 0.29) is 17.2 Å². The molecule has 0 spiro atoms. The minimum absolute atomic E-state index is 0.00932. The maximum absolute atomic E-state index is 12.7. The number of hydrogen-bond donors (Lipinski definition) is 1. The van der Waals surface area contributed by atoms with Crippen LogP contribution in [0.15, 0.2) is 53.3 Å². The lowest BCUT2D eigenvalue weighted by atomic mass is 10.0. The van der Waals surface area contributed by atoms with Crippen molar-refractivity contribution >= 4 is 28.3 Å². The Bertz CT molecular complexity index is 1130. The van der Waals surface area contributed by atoms with Crippen LogP contribution in [0.5, 0.6) is 0 Å². The van der Waals surface area contributed by atoms with Crippen LogP contribution in [0.2, 0.25) is 0 Å². The average molecular weight is 393 g/mol. The molecule has 0 aliphatic carbocycles. The van der Waals surface area contributed by atoms with Gasteiger partial charge in [-0.2, -0.15) is 5.10 Å². The Kier molecular flexibility index (Phi) is 5.77. The minimum atomic E-state index is -1.04. The van der Waals surface area contributed by atoms with Crippen molar-refractivity contribution < 1.29 is 14.3 Å². The SMILES string of the molecule is CC(C)c1ccccc1NC(=O)[C@@H](C)OC(=O)c1nn(C)c(=O)c2ccccc12. The quantitative estimate of drug-likeness (QED) is 0.672. The van der Waals surface area contributed by atoms with E-state index < -0.39 is 18.0 Å². The number of aromatic nitrogens is 2. The smallest absolute Gasteiger partial charge is 0.360 e. The number of aryl methyl sites for hydroxylation is 1. The Morgan fingerprint density at radius 3 is 2.31 bits per heavy atom. The second kappa shape index (κ2) is 8.26. The van der Waals surface area contributed by atoms with Crippen LogP contribution in [-0.2, 0) is 16.6 Å². The first-order valence-corrected chi connectivity index (χ1v) is 9.36. The molecule has 7 heteroatoms. The first-order chi connectivity index (χ1) is 13.8. The molecule has 1 aromatic heterocycles. The van der Waals surface area contributed by atoms with Crippen LogP contribution in [0, 0.1) is 0 Å². The second-order valence-corrected chi connectivity index (χ2v) is 7.10. The van der Waals surface area contributed by atoms with E-state index in [0.717, 1.165) is 10.2 Å². The molecule has 0 aliphatic rings. The number of fused-ring (bicyclic) bond motifs is 1. The van der Waals surface area contributed by atoms with E-state index >= 15 is 0 Å². The molecule has 0 aliphatic heterocycles. The molecule has 0 radical (unpaired) electrons. The predicted molar refractivity (Wildman–Crippen MR) is 111 cm³/mol. The predicted octanol–water partition coefficient (Wildman–Crippen LogP) is 3.24. The zero-order valence-corrected chi connectivity index (χ0v) is 16.8. The number of ether oxygens (including phenoxy) is 1. The fraction of sp³-hybridized carbons (Fsp3) is 0.273. The van der Waals surface area contributed by atoms with E-state index in [0.29, 0.717) is 16.5 Å². The molecule has 0 saturated heterocycles. The molecular weight excluding hydrogens is 370 g/mol. The summed E-state index contributed by atoms with van der Waals surface area (Å²) in [5, 5.41) is 7.60. The molecule has 0 unspecified atom stereocenters. The standard InChI is InChI=1S/C22H23N3O4/c1-13(2)15-9-7-8-12-18(15)23-20(26)14(3)29-22(28)19-16-10-5-6-11-17(16)21(27)25(4)24-19/h5-14H,1-4H3,(H,23,26)/t14-/m1/s1. The number of amides is 1. The van der Waals surface area contributed by atoms with Gasteiger partial charge in [-0.1, -0.05) is 50.2 Å². The zero-order chi connectivity index (χ0) is 21.1. The van der Waals surface area contributed by atoms with Crippen LogP contribution < -0.4 is 10.9 Å². The molecule has 7 nitrogen and oxygen atoms in total. The van der Waals surface area contributed by atoms with Gasteiger partial charge in [0.1, 0.15) is 0 Å². The van der Waals surface area contributed by atoms with E-state index in [4.69, 9.17) is 4.74 Å². The maximum Gasteiger partial charge on any atom is 0.360 e. The molecule has 0 bridgehead atoms. The van der Waals surface area contributed by atoms with E-state index in [1.54, 1.807) is 24.3 Å². The Labute approximate surface area is 168 Å². The topological polar surface area (TPSA) is 90.3 Å². The van der Waals surface area contributed by atoms with E-state index in [2.05, 4.69) is 10.4 Å². The Morgan fingerprint density at radius 1 is 1.00 bits per heavy atom. The molecule has 1 heterocycles. The van der Waals surface area contributed by atoms with Crippen molar-refractivity contribution in [3.63, 3.8) is 0 Å². The number of esters is 1. The summed E-state index contributed by atoms with van der Waals surface area (Å²) in [4.78, 5) is 37.5. The van der Waals surface area contributed by atoms with Gasteiger partial charge in [-0.15, -0.1) is 0 Å². The van der Waals surface area contributed by atoms with Crippen molar-refractivity contribution in [1.29, 1.82) is 0 Å². The number of carbonyl (C=O) groups excluding carboxylic acids is 2. The van der Waals surface area contributed by atoms with Gasteiger partial charge in [-0.05, 0) is 30.5 Å². The van der Waals surface area contributed by atoms with Crippen LogP contribution in [0.4, 0.5) is 5.69 Å². The van der Waals surface area contributed by atoms with Gasteiger partial charge in [0.2, 0.25) is 0 Å². The Hall–Kier alpha value is -3.48. The molecule has 3 rings (SSSR count). The molecule has 150 valence electrons. The number of hydrogen-bond acceptors (Lipinski definition) is 5. The third kappa shape index (κ3) is 4.18. The summed E-state index contributed by atoms with van der Waals surface area (Å²) in [6.45, 7) is 5.56. The molecule has 1 amide bonds. The van der Waals surface area contributed by atoms with Gasteiger partial charge in [0.25, 0.3) is 11.5 Å². The number of benzene rings is 2. The number of nitrogens with one attached hydrogen (secondary N) is 1. The summed E-state index contributed by atoms with van der Waals surface area (Å²) >= 11 is 0. The van der Waals surface area contributed by atoms with Crippen molar-refractivity contribution in [1.82, 2.24) is 9.78 Å². The highest BCUT2D eigenvalue weighted by Crippen LogP contribution is 2.24. The molecule has 2 aromatic carbocycles. The molecular formula is C22H23N3O4. The summed E-state index contributed by atoms with van der Waals surface area (Å²) in [7, 11) is 1.46. The van der Waals surface area contributed by atoms with Crippen molar-refractivity contribution in [3.05, 3.63) is 70.1 Å².